The molecule has 1 atom stereocenters. The lowest BCUT2D eigenvalue weighted by atomic mass is 10.2. The first kappa shape index (κ1) is 13.3. The topological polar surface area (TPSA) is 34.1 Å². The molecule has 0 fully saturated rings. The fraction of sp³-hybridized carbons (Fsp3) is 0.583. The first-order chi connectivity index (χ1) is 7.74. The van der Waals surface area contributed by atoms with Gasteiger partial charge in [0.1, 0.15) is 11.6 Å². The largest absolute Gasteiger partial charge is 0.475 e. The molecule has 0 bridgehead atoms. The third kappa shape index (κ3) is 4.81. The van der Waals surface area contributed by atoms with E-state index < -0.39 is 0 Å². The van der Waals surface area contributed by atoms with Crippen LogP contribution in [0.5, 0.6) is 5.88 Å². The Hall–Kier alpha value is -0.800. The minimum absolute atomic E-state index is 0.508. The average molecular weight is 243 g/mol. The zero-order chi connectivity index (χ0) is 11.8. The molecule has 0 aliphatic rings. The van der Waals surface area contributed by atoms with E-state index in [1.54, 1.807) is 18.3 Å². The van der Waals surface area contributed by atoms with Gasteiger partial charge in [0.2, 0.25) is 5.88 Å². The summed E-state index contributed by atoms with van der Waals surface area (Å²) in [6.07, 6.45) is 4.06. The third-order valence-electron chi connectivity index (χ3n) is 2.28. The van der Waals surface area contributed by atoms with Crippen LogP contribution in [0.1, 0.15) is 26.7 Å². The summed E-state index contributed by atoms with van der Waals surface area (Å²) < 4.78 is 5.46. The number of nitrogens with zero attached hydrogens (tertiary/aromatic N) is 1. The molecule has 0 spiro atoms. The molecule has 1 aromatic rings. The van der Waals surface area contributed by atoms with E-state index in [1.807, 2.05) is 0 Å². The highest BCUT2D eigenvalue weighted by Gasteiger charge is 2.02. The Morgan fingerprint density at radius 2 is 2.38 bits per heavy atom. The van der Waals surface area contributed by atoms with Crippen molar-refractivity contribution < 1.29 is 4.74 Å². The summed E-state index contributed by atoms with van der Waals surface area (Å²) in [5, 5.41) is 3.94. The maximum absolute atomic E-state index is 5.91. The predicted octanol–water partition coefficient (Wildman–Crippen LogP) is 2.89. The SMILES string of the molecule is CCCC(C)NCCOc1ncccc1Cl. The first-order valence-electron chi connectivity index (χ1n) is 5.70. The van der Waals surface area contributed by atoms with Crippen LogP contribution >= 0.6 is 11.6 Å². The van der Waals surface area contributed by atoms with E-state index in [0.29, 0.717) is 23.6 Å². The maximum atomic E-state index is 5.91. The first-order valence-corrected chi connectivity index (χ1v) is 6.08. The number of hydrogen-bond donors (Lipinski definition) is 1. The lowest BCUT2D eigenvalue weighted by molar-refractivity contribution is 0.294. The molecule has 0 saturated heterocycles. The maximum Gasteiger partial charge on any atom is 0.232 e. The molecule has 0 aliphatic heterocycles. The normalized spacial score (nSPS) is 12.4. The highest BCUT2D eigenvalue weighted by molar-refractivity contribution is 6.31. The lowest BCUT2D eigenvalue weighted by Gasteiger charge is -2.13. The molecular weight excluding hydrogens is 224 g/mol. The van der Waals surface area contributed by atoms with Crippen LogP contribution in [0.2, 0.25) is 5.02 Å². The van der Waals surface area contributed by atoms with Gasteiger partial charge in [-0.1, -0.05) is 24.9 Å². The molecule has 1 unspecified atom stereocenters. The Kier molecular flexibility index (Phi) is 6.19. The molecule has 1 heterocycles. The Morgan fingerprint density at radius 1 is 1.56 bits per heavy atom. The van der Waals surface area contributed by atoms with E-state index >= 15 is 0 Å². The number of ether oxygens (including phenoxy) is 1. The third-order valence-corrected chi connectivity index (χ3v) is 2.57. The van der Waals surface area contributed by atoms with Crippen molar-refractivity contribution in [2.45, 2.75) is 32.7 Å². The molecule has 1 aromatic heterocycles. The number of aromatic nitrogens is 1. The van der Waals surface area contributed by atoms with Crippen LogP contribution in [0.3, 0.4) is 0 Å². The number of halogens is 1. The Bertz CT molecular complexity index is 307. The Balaban J connectivity index is 2.19. The summed E-state index contributed by atoms with van der Waals surface area (Å²) in [7, 11) is 0. The molecule has 1 rings (SSSR count). The molecular formula is C12H19ClN2O. The van der Waals surface area contributed by atoms with Gasteiger partial charge in [-0.2, -0.15) is 0 Å². The van der Waals surface area contributed by atoms with Gasteiger partial charge in [-0.05, 0) is 25.5 Å². The summed E-state index contributed by atoms with van der Waals surface area (Å²) in [5.74, 6) is 0.508. The summed E-state index contributed by atoms with van der Waals surface area (Å²) in [6, 6.07) is 4.10. The molecule has 0 aliphatic carbocycles. The Morgan fingerprint density at radius 3 is 3.06 bits per heavy atom. The fourth-order valence-corrected chi connectivity index (χ4v) is 1.64. The quantitative estimate of drug-likeness (QED) is 0.747. The van der Waals surface area contributed by atoms with E-state index in [0.717, 1.165) is 6.54 Å². The van der Waals surface area contributed by atoms with Crippen LogP contribution in [-0.2, 0) is 0 Å². The molecule has 16 heavy (non-hydrogen) atoms. The summed E-state index contributed by atoms with van der Waals surface area (Å²) in [6.45, 7) is 5.76. The van der Waals surface area contributed by atoms with Crippen molar-refractivity contribution in [3.05, 3.63) is 23.4 Å². The molecule has 1 N–H and O–H groups in total. The number of pyridine rings is 1. The molecule has 0 aromatic carbocycles. The van der Waals surface area contributed by atoms with Gasteiger partial charge in [-0.3, -0.25) is 0 Å². The summed E-state index contributed by atoms with van der Waals surface area (Å²) in [4.78, 5) is 4.05. The highest BCUT2D eigenvalue weighted by atomic mass is 35.5. The average Bonchev–Trinajstić information content (AvgIpc) is 2.27. The molecule has 4 heteroatoms. The van der Waals surface area contributed by atoms with Gasteiger partial charge in [0.25, 0.3) is 0 Å². The molecule has 90 valence electrons. The number of rotatable bonds is 7. The monoisotopic (exact) mass is 242 g/mol. The van der Waals surface area contributed by atoms with Crippen molar-refractivity contribution in [1.82, 2.24) is 10.3 Å². The summed E-state index contributed by atoms with van der Waals surface area (Å²) >= 11 is 5.91. The second-order valence-corrected chi connectivity index (χ2v) is 4.19. The van der Waals surface area contributed by atoms with Gasteiger partial charge in [0.15, 0.2) is 0 Å². The highest BCUT2D eigenvalue weighted by Crippen LogP contribution is 2.19. The van der Waals surface area contributed by atoms with Gasteiger partial charge in [0.05, 0.1) is 0 Å². The van der Waals surface area contributed by atoms with Crippen LogP contribution in [-0.4, -0.2) is 24.2 Å². The Labute approximate surface area is 102 Å². The van der Waals surface area contributed by atoms with Crippen molar-refractivity contribution in [3.63, 3.8) is 0 Å². The van der Waals surface area contributed by atoms with Gasteiger partial charge in [0, 0.05) is 18.8 Å². The second-order valence-electron chi connectivity index (χ2n) is 3.78. The number of hydrogen-bond acceptors (Lipinski definition) is 3. The van der Waals surface area contributed by atoms with Crippen molar-refractivity contribution >= 4 is 11.6 Å². The van der Waals surface area contributed by atoms with Gasteiger partial charge in [-0.15, -0.1) is 0 Å². The lowest BCUT2D eigenvalue weighted by Crippen LogP contribution is -2.30. The molecule has 0 radical (unpaired) electrons. The predicted molar refractivity (Wildman–Crippen MR) is 67.1 cm³/mol. The molecule has 3 nitrogen and oxygen atoms in total. The zero-order valence-corrected chi connectivity index (χ0v) is 10.6. The van der Waals surface area contributed by atoms with Crippen molar-refractivity contribution in [1.29, 1.82) is 0 Å². The van der Waals surface area contributed by atoms with Gasteiger partial charge >= 0.3 is 0 Å². The summed E-state index contributed by atoms with van der Waals surface area (Å²) in [5.41, 5.74) is 0. The van der Waals surface area contributed by atoms with Crippen molar-refractivity contribution in [2.24, 2.45) is 0 Å². The van der Waals surface area contributed by atoms with Gasteiger partial charge < -0.3 is 10.1 Å². The minimum Gasteiger partial charge on any atom is -0.475 e. The van der Waals surface area contributed by atoms with Gasteiger partial charge in [-0.25, -0.2) is 4.98 Å². The van der Waals surface area contributed by atoms with Crippen LogP contribution in [0.25, 0.3) is 0 Å². The van der Waals surface area contributed by atoms with E-state index in [1.165, 1.54) is 12.8 Å². The van der Waals surface area contributed by atoms with Crippen molar-refractivity contribution in [3.8, 4) is 5.88 Å². The van der Waals surface area contributed by atoms with E-state index in [-0.39, 0.29) is 0 Å². The van der Waals surface area contributed by atoms with E-state index in [2.05, 4.69) is 24.1 Å². The smallest absolute Gasteiger partial charge is 0.232 e. The van der Waals surface area contributed by atoms with E-state index in [9.17, 15) is 0 Å². The van der Waals surface area contributed by atoms with Crippen LogP contribution < -0.4 is 10.1 Å². The standard InChI is InChI=1S/C12H19ClN2O/c1-3-5-10(2)14-8-9-16-12-11(13)6-4-7-15-12/h4,6-7,10,14H,3,5,8-9H2,1-2H3. The zero-order valence-electron chi connectivity index (χ0n) is 9.87. The fourth-order valence-electron chi connectivity index (χ4n) is 1.47. The number of nitrogens with one attached hydrogen (secondary N) is 1. The molecule has 0 amide bonds. The second kappa shape index (κ2) is 7.47. The van der Waals surface area contributed by atoms with E-state index in [4.69, 9.17) is 16.3 Å². The van der Waals surface area contributed by atoms with Crippen LogP contribution in [0.15, 0.2) is 18.3 Å². The molecule has 0 saturated carbocycles. The minimum atomic E-state index is 0.508. The van der Waals surface area contributed by atoms with Crippen LogP contribution in [0.4, 0.5) is 0 Å². The van der Waals surface area contributed by atoms with Crippen molar-refractivity contribution in [2.75, 3.05) is 13.2 Å². The van der Waals surface area contributed by atoms with Crippen LogP contribution in [0, 0.1) is 0 Å².